The van der Waals surface area contributed by atoms with Gasteiger partial charge in [-0.3, -0.25) is 9.59 Å². The molecule has 2 amide bonds. The van der Waals surface area contributed by atoms with Gasteiger partial charge in [-0.2, -0.15) is 4.98 Å². The van der Waals surface area contributed by atoms with E-state index in [1.54, 1.807) is 12.0 Å². The number of ether oxygens (including phenoxy) is 2. The molecule has 2 saturated heterocycles. The summed E-state index contributed by atoms with van der Waals surface area (Å²) in [6.07, 6.45) is 9.96. The third-order valence-electron chi connectivity index (χ3n) is 8.12. The first-order chi connectivity index (χ1) is 18.9. The van der Waals surface area contributed by atoms with E-state index in [4.69, 9.17) is 19.4 Å². The summed E-state index contributed by atoms with van der Waals surface area (Å²) in [4.78, 5) is 40.2. The van der Waals surface area contributed by atoms with Crippen LogP contribution < -0.4 is 19.7 Å². The molecule has 9 nitrogen and oxygen atoms in total. The summed E-state index contributed by atoms with van der Waals surface area (Å²) in [6, 6.07) is 5.12. The van der Waals surface area contributed by atoms with Gasteiger partial charge >= 0.3 is 0 Å². The number of hydrogen-bond donors (Lipinski definition) is 1. The maximum Gasteiger partial charge on any atom is 0.243 e. The van der Waals surface area contributed by atoms with Crippen molar-refractivity contribution in [2.45, 2.75) is 70.9 Å². The number of carbonyl (C=O) groups excluding carboxylic acids is 2. The molecule has 1 aromatic heterocycles. The number of amides is 2. The second-order valence-corrected chi connectivity index (χ2v) is 11.4. The summed E-state index contributed by atoms with van der Waals surface area (Å²) in [5.74, 6) is 2.54. The fraction of sp³-hybridized carbons (Fsp3) is 0.600. The number of aromatic nitrogens is 2. The lowest BCUT2D eigenvalue weighted by Crippen LogP contribution is -2.46. The molecule has 210 valence electrons. The lowest BCUT2D eigenvalue weighted by atomic mass is 9.91. The molecule has 39 heavy (non-hydrogen) atoms. The predicted molar refractivity (Wildman–Crippen MR) is 151 cm³/mol. The molecule has 5 rings (SSSR count). The molecule has 0 radical (unpaired) electrons. The zero-order valence-corrected chi connectivity index (χ0v) is 23.4. The average molecular weight is 536 g/mol. The molecule has 4 atom stereocenters. The van der Waals surface area contributed by atoms with E-state index in [2.05, 4.69) is 30.1 Å². The van der Waals surface area contributed by atoms with Crippen molar-refractivity contribution in [1.29, 1.82) is 0 Å². The van der Waals surface area contributed by atoms with Crippen molar-refractivity contribution in [3.63, 3.8) is 0 Å². The molecule has 0 bridgehead atoms. The van der Waals surface area contributed by atoms with E-state index in [0.29, 0.717) is 43.7 Å². The molecule has 0 unspecified atom stereocenters. The van der Waals surface area contributed by atoms with Gasteiger partial charge in [-0.1, -0.05) is 26.0 Å². The Morgan fingerprint density at radius 2 is 1.85 bits per heavy atom. The number of anilines is 1. The van der Waals surface area contributed by atoms with Gasteiger partial charge in [0.05, 0.1) is 24.6 Å². The Kier molecular flexibility index (Phi) is 8.53. The Hall–Kier alpha value is -3.36. The minimum atomic E-state index is -0.560. The SMILES string of the molecule is COc1ccc2c(O[C@@H]3C[C@H]4C(=O)NC/C=C\CC[C@@H](C)C[C@@H](C)CC(=O)N4C3)nc(N3CCCC3)nc2c1. The lowest BCUT2D eigenvalue weighted by Gasteiger charge is -2.26. The highest BCUT2D eigenvalue weighted by molar-refractivity contribution is 5.89. The van der Waals surface area contributed by atoms with Gasteiger partial charge < -0.3 is 24.6 Å². The first-order valence-electron chi connectivity index (χ1n) is 14.4. The van der Waals surface area contributed by atoms with Gasteiger partial charge in [-0.05, 0) is 56.1 Å². The standard InChI is InChI=1S/C30H41N5O4/c1-20-9-5-4-6-12-31-28(37)26-18-23(19-35(26)27(36)16-21(2)15-20)39-29-24-11-10-22(38-3)17-25(24)32-30(33-29)34-13-7-8-14-34/h4,6,10-11,17,20-21,23,26H,5,7-9,12-16,18-19H2,1-3H3,(H,31,37)/b6-4-/t20-,21-,23-,26+/m1/s1. The second-order valence-electron chi connectivity index (χ2n) is 11.4. The van der Waals surface area contributed by atoms with Crippen LogP contribution in [0, 0.1) is 11.8 Å². The smallest absolute Gasteiger partial charge is 0.243 e. The molecule has 2 fully saturated rings. The summed E-state index contributed by atoms with van der Waals surface area (Å²) >= 11 is 0. The Labute approximate surface area is 230 Å². The second kappa shape index (κ2) is 12.2. The van der Waals surface area contributed by atoms with E-state index >= 15 is 0 Å². The van der Waals surface area contributed by atoms with Crippen molar-refractivity contribution in [3.8, 4) is 11.6 Å². The molecule has 9 heteroatoms. The highest BCUT2D eigenvalue weighted by atomic mass is 16.5. The number of allylic oxidation sites excluding steroid dienone is 1. The van der Waals surface area contributed by atoms with Crippen LogP contribution in [0.2, 0.25) is 0 Å². The highest BCUT2D eigenvalue weighted by Crippen LogP contribution is 2.33. The molecule has 3 aliphatic rings. The lowest BCUT2D eigenvalue weighted by molar-refractivity contribution is -0.139. The third-order valence-corrected chi connectivity index (χ3v) is 8.12. The number of hydrogen-bond acceptors (Lipinski definition) is 7. The van der Waals surface area contributed by atoms with Gasteiger partial charge in [0.25, 0.3) is 0 Å². The maximum atomic E-state index is 13.5. The van der Waals surface area contributed by atoms with Crippen molar-refractivity contribution < 1.29 is 19.1 Å². The van der Waals surface area contributed by atoms with Crippen LogP contribution in [0.15, 0.2) is 30.4 Å². The largest absolute Gasteiger partial charge is 0.497 e. The van der Waals surface area contributed by atoms with Gasteiger partial charge in [0, 0.05) is 38.5 Å². The molecule has 0 aliphatic carbocycles. The van der Waals surface area contributed by atoms with Crippen LogP contribution in [0.1, 0.15) is 58.8 Å². The normalized spacial score (nSPS) is 27.7. The maximum absolute atomic E-state index is 13.5. The van der Waals surface area contributed by atoms with Crippen molar-refractivity contribution in [2.24, 2.45) is 11.8 Å². The summed E-state index contributed by atoms with van der Waals surface area (Å²) in [5.41, 5.74) is 0.752. The highest BCUT2D eigenvalue weighted by Gasteiger charge is 2.41. The molecule has 0 saturated carbocycles. The molecule has 1 aromatic carbocycles. The molecule has 1 N–H and O–H groups in total. The average Bonchev–Trinajstić information content (AvgIpc) is 3.60. The van der Waals surface area contributed by atoms with Gasteiger partial charge in [0.15, 0.2) is 0 Å². The first-order valence-corrected chi connectivity index (χ1v) is 14.4. The van der Waals surface area contributed by atoms with Crippen molar-refractivity contribution in [3.05, 3.63) is 30.4 Å². The van der Waals surface area contributed by atoms with E-state index in [9.17, 15) is 9.59 Å². The number of methoxy groups -OCH3 is 1. The molecule has 4 heterocycles. The van der Waals surface area contributed by atoms with Gasteiger partial charge in [0.2, 0.25) is 23.6 Å². The summed E-state index contributed by atoms with van der Waals surface area (Å²) in [6.45, 7) is 7.03. The number of nitrogens with zero attached hydrogens (tertiary/aromatic N) is 4. The van der Waals surface area contributed by atoms with Crippen LogP contribution in [0.25, 0.3) is 10.9 Å². The number of benzene rings is 1. The van der Waals surface area contributed by atoms with E-state index in [-0.39, 0.29) is 23.8 Å². The first kappa shape index (κ1) is 27.2. The van der Waals surface area contributed by atoms with Crippen molar-refractivity contribution in [1.82, 2.24) is 20.2 Å². The Bertz CT molecular complexity index is 1210. The van der Waals surface area contributed by atoms with Gasteiger partial charge in [-0.15, -0.1) is 0 Å². The van der Waals surface area contributed by atoms with Crippen LogP contribution in [-0.2, 0) is 9.59 Å². The minimum Gasteiger partial charge on any atom is -0.497 e. The van der Waals surface area contributed by atoms with E-state index in [1.807, 2.05) is 24.3 Å². The number of fused-ring (bicyclic) bond motifs is 2. The van der Waals surface area contributed by atoms with E-state index in [1.165, 1.54) is 0 Å². The van der Waals surface area contributed by atoms with Crippen LogP contribution in [0.4, 0.5) is 5.95 Å². The Morgan fingerprint density at radius 1 is 1.03 bits per heavy atom. The summed E-state index contributed by atoms with van der Waals surface area (Å²) < 4.78 is 12.0. The number of rotatable bonds is 4. The summed E-state index contributed by atoms with van der Waals surface area (Å²) in [7, 11) is 1.64. The molecule has 3 aliphatic heterocycles. The zero-order valence-electron chi connectivity index (χ0n) is 23.4. The summed E-state index contributed by atoms with van der Waals surface area (Å²) in [5, 5.41) is 3.79. The van der Waals surface area contributed by atoms with E-state index in [0.717, 1.165) is 61.8 Å². The zero-order chi connectivity index (χ0) is 27.4. The van der Waals surface area contributed by atoms with Gasteiger partial charge in [0.1, 0.15) is 17.9 Å². The fourth-order valence-corrected chi connectivity index (χ4v) is 6.07. The number of nitrogens with one attached hydrogen (secondary N) is 1. The van der Waals surface area contributed by atoms with E-state index < -0.39 is 6.04 Å². The quantitative estimate of drug-likeness (QED) is 0.589. The fourth-order valence-electron chi connectivity index (χ4n) is 6.07. The molecular weight excluding hydrogens is 494 g/mol. The topological polar surface area (TPSA) is 96.9 Å². The Balaban J connectivity index is 1.40. The molecular formula is C30H41N5O4. The van der Waals surface area contributed by atoms with Crippen LogP contribution >= 0.6 is 0 Å². The van der Waals surface area contributed by atoms with Crippen LogP contribution in [0.5, 0.6) is 11.6 Å². The Morgan fingerprint density at radius 3 is 2.64 bits per heavy atom. The minimum absolute atomic E-state index is 0.0172. The molecule has 0 spiro atoms. The monoisotopic (exact) mass is 535 g/mol. The number of carbonyl (C=O) groups is 2. The predicted octanol–water partition coefficient (Wildman–Crippen LogP) is 4.11. The molecule has 2 aromatic rings. The van der Waals surface area contributed by atoms with Crippen molar-refractivity contribution >= 4 is 28.7 Å². The van der Waals surface area contributed by atoms with Crippen LogP contribution in [0.3, 0.4) is 0 Å². The third kappa shape index (κ3) is 6.45. The van der Waals surface area contributed by atoms with Crippen LogP contribution in [-0.4, -0.2) is 72.1 Å². The van der Waals surface area contributed by atoms with Gasteiger partial charge in [-0.25, -0.2) is 4.98 Å². The van der Waals surface area contributed by atoms with Crippen molar-refractivity contribution in [2.75, 3.05) is 38.2 Å².